The zero-order valence-corrected chi connectivity index (χ0v) is 11.9. The molecule has 2 heterocycles. The molecule has 4 nitrogen and oxygen atoms in total. The molecule has 1 aromatic carbocycles. The average Bonchev–Trinajstić information content (AvgIpc) is 2.47. The van der Waals surface area contributed by atoms with Gasteiger partial charge in [-0.2, -0.15) is 0 Å². The minimum Gasteiger partial charge on any atom is -0.322 e. The highest BCUT2D eigenvalue weighted by atomic mass is 16.1. The van der Waals surface area contributed by atoms with Crippen LogP contribution in [0.4, 0.5) is 0 Å². The number of benzene rings is 1. The predicted octanol–water partition coefficient (Wildman–Crippen LogP) is 1.71. The monoisotopic (exact) mass is 271 g/mol. The molecule has 0 spiro atoms. The number of H-pyrrole nitrogens is 1. The molecule has 0 saturated carbocycles. The van der Waals surface area contributed by atoms with Gasteiger partial charge in [0.15, 0.2) is 0 Å². The highest BCUT2D eigenvalue weighted by Crippen LogP contribution is 2.12. The molecule has 0 unspecified atom stereocenters. The van der Waals surface area contributed by atoms with Crippen molar-refractivity contribution in [3.63, 3.8) is 0 Å². The van der Waals surface area contributed by atoms with Gasteiger partial charge in [-0.25, -0.2) is 0 Å². The van der Waals surface area contributed by atoms with Gasteiger partial charge in [0.1, 0.15) is 0 Å². The lowest BCUT2D eigenvalue weighted by Gasteiger charge is -2.29. The van der Waals surface area contributed by atoms with Crippen molar-refractivity contribution in [2.75, 3.05) is 20.1 Å². The van der Waals surface area contributed by atoms with Crippen molar-refractivity contribution in [3.8, 4) is 0 Å². The maximum absolute atomic E-state index is 12.1. The van der Waals surface area contributed by atoms with E-state index in [1.807, 2.05) is 30.3 Å². The van der Waals surface area contributed by atoms with E-state index >= 15 is 0 Å². The van der Waals surface area contributed by atoms with Crippen molar-refractivity contribution in [2.24, 2.45) is 0 Å². The van der Waals surface area contributed by atoms with E-state index in [0.717, 1.165) is 42.4 Å². The quantitative estimate of drug-likeness (QED) is 0.893. The zero-order valence-electron chi connectivity index (χ0n) is 11.9. The number of pyridine rings is 1. The molecule has 1 aromatic heterocycles. The van der Waals surface area contributed by atoms with E-state index in [0.29, 0.717) is 12.6 Å². The molecule has 4 heteroatoms. The van der Waals surface area contributed by atoms with Crippen molar-refractivity contribution < 1.29 is 0 Å². The van der Waals surface area contributed by atoms with Crippen LogP contribution in [0.15, 0.2) is 35.1 Å². The van der Waals surface area contributed by atoms with Gasteiger partial charge in [0.25, 0.3) is 5.56 Å². The smallest absolute Gasteiger partial charge is 0.252 e. The van der Waals surface area contributed by atoms with Crippen molar-refractivity contribution >= 4 is 10.9 Å². The molecule has 20 heavy (non-hydrogen) atoms. The van der Waals surface area contributed by atoms with Gasteiger partial charge in [0.05, 0.1) is 0 Å². The molecule has 0 aliphatic carbocycles. The van der Waals surface area contributed by atoms with E-state index in [9.17, 15) is 4.79 Å². The van der Waals surface area contributed by atoms with Crippen LogP contribution in [-0.2, 0) is 6.54 Å². The first-order valence-corrected chi connectivity index (χ1v) is 7.25. The van der Waals surface area contributed by atoms with Gasteiger partial charge in [0.2, 0.25) is 0 Å². The normalized spacial score (nSPS) is 17.6. The van der Waals surface area contributed by atoms with E-state index in [-0.39, 0.29) is 5.56 Å². The molecule has 1 fully saturated rings. The van der Waals surface area contributed by atoms with Gasteiger partial charge in [-0.15, -0.1) is 0 Å². The van der Waals surface area contributed by atoms with Crippen molar-refractivity contribution in [1.82, 2.24) is 15.2 Å². The minimum absolute atomic E-state index is 0.0177. The number of fused-ring (bicyclic) bond motifs is 1. The first-order chi connectivity index (χ1) is 9.72. The third-order valence-corrected chi connectivity index (χ3v) is 4.13. The maximum Gasteiger partial charge on any atom is 0.252 e. The third kappa shape index (κ3) is 2.92. The molecule has 0 radical (unpaired) electrons. The highest BCUT2D eigenvalue weighted by Gasteiger charge is 2.16. The van der Waals surface area contributed by atoms with E-state index in [1.54, 1.807) is 0 Å². The number of likely N-dealkylation sites (tertiary alicyclic amines) is 1. The standard InChI is InChI=1S/C16H21N3O/c1-19-8-6-14(7-9-19)17-11-13-10-12-4-2-3-5-15(12)18-16(13)20/h2-5,10,14,17H,6-9,11H2,1H3,(H,18,20). The van der Waals surface area contributed by atoms with Crippen molar-refractivity contribution in [2.45, 2.75) is 25.4 Å². The van der Waals surface area contributed by atoms with Gasteiger partial charge in [-0.1, -0.05) is 18.2 Å². The van der Waals surface area contributed by atoms with Crippen LogP contribution in [0.1, 0.15) is 18.4 Å². The van der Waals surface area contributed by atoms with Crippen LogP contribution in [0.25, 0.3) is 10.9 Å². The molecule has 0 atom stereocenters. The lowest BCUT2D eigenvalue weighted by molar-refractivity contribution is 0.234. The van der Waals surface area contributed by atoms with E-state index < -0.39 is 0 Å². The Morgan fingerprint density at radius 1 is 1.30 bits per heavy atom. The van der Waals surface area contributed by atoms with Crippen LogP contribution in [0, 0.1) is 0 Å². The molecule has 2 N–H and O–H groups in total. The summed E-state index contributed by atoms with van der Waals surface area (Å²) in [5, 5.41) is 4.61. The number of nitrogens with zero attached hydrogens (tertiary/aromatic N) is 1. The number of hydrogen-bond acceptors (Lipinski definition) is 3. The first kappa shape index (κ1) is 13.3. The molecule has 2 aromatic rings. The largest absolute Gasteiger partial charge is 0.322 e. The number of hydrogen-bond donors (Lipinski definition) is 2. The summed E-state index contributed by atoms with van der Waals surface area (Å²) >= 11 is 0. The molecule has 106 valence electrons. The fraction of sp³-hybridized carbons (Fsp3) is 0.438. The lowest BCUT2D eigenvalue weighted by Crippen LogP contribution is -2.41. The Morgan fingerprint density at radius 3 is 2.85 bits per heavy atom. The van der Waals surface area contributed by atoms with Gasteiger partial charge >= 0.3 is 0 Å². The van der Waals surface area contributed by atoms with Crippen LogP contribution >= 0.6 is 0 Å². The fourth-order valence-electron chi connectivity index (χ4n) is 2.79. The van der Waals surface area contributed by atoms with Crippen molar-refractivity contribution in [3.05, 3.63) is 46.2 Å². The summed E-state index contributed by atoms with van der Waals surface area (Å²) in [5.41, 5.74) is 1.74. The minimum atomic E-state index is 0.0177. The Bertz CT molecular complexity index is 641. The van der Waals surface area contributed by atoms with Crippen LogP contribution < -0.4 is 10.9 Å². The third-order valence-electron chi connectivity index (χ3n) is 4.13. The SMILES string of the molecule is CN1CCC(NCc2cc3ccccc3[nH]c2=O)CC1. The first-order valence-electron chi connectivity index (χ1n) is 7.25. The van der Waals surface area contributed by atoms with E-state index in [4.69, 9.17) is 0 Å². The average molecular weight is 271 g/mol. The number of rotatable bonds is 3. The van der Waals surface area contributed by atoms with Gasteiger partial charge in [-0.05, 0) is 50.5 Å². The number of aromatic amines is 1. The summed E-state index contributed by atoms with van der Waals surface area (Å²) in [6, 6.07) is 10.4. The van der Waals surface area contributed by atoms with Gasteiger partial charge in [-0.3, -0.25) is 4.79 Å². The summed E-state index contributed by atoms with van der Waals surface area (Å²) < 4.78 is 0. The Balaban J connectivity index is 1.71. The summed E-state index contributed by atoms with van der Waals surface area (Å²) in [6.07, 6.45) is 2.31. The molecule has 3 rings (SSSR count). The molecular formula is C16H21N3O. The van der Waals surface area contributed by atoms with Gasteiger partial charge in [0, 0.05) is 23.7 Å². The van der Waals surface area contributed by atoms with Crippen LogP contribution in [0.2, 0.25) is 0 Å². The second-order valence-corrected chi connectivity index (χ2v) is 5.67. The Morgan fingerprint density at radius 2 is 2.05 bits per heavy atom. The number of para-hydroxylation sites is 1. The van der Waals surface area contributed by atoms with Gasteiger partial charge < -0.3 is 15.2 Å². The summed E-state index contributed by atoms with van der Waals surface area (Å²) in [4.78, 5) is 17.4. The van der Waals surface area contributed by atoms with E-state index in [1.165, 1.54) is 0 Å². The highest BCUT2D eigenvalue weighted by molar-refractivity contribution is 5.78. The molecule has 1 aliphatic heterocycles. The summed E-state index contributed by atoms with van der Waals surface area (Å²) in [7, 11) is 2.16. The molecule has 0 amide bonds. The predicted molar refractivity (Wildman–Crippen MR) is 81.9 cm³/mol. The maximum atomic E-state index is 12.1. The topological polar surface area (TPSA) is 48.1 Å². The van der Waals surface area contributed by atoms with Crippen LogP contribution in [0.5, 0.6) is 0 Å². The zero-order chi connectivity index (χ0) is 13.9. The molecule has 1 aliphatic rings. The Labute approximate surface area is 118 Å². The molecule has 1 saturated heterocycles. The summed E-state index contributed by atoms with van der Waals surface area (Å²) in [6.45, 7) is 2.91. The number of nitrogens with one attached hydrogen (secondary N) is 2. The Kier molecular flexibility index (Phi) is 3.85. The molecule has 0 bridgehead atoms. The fourth-order valence-corrected chi connectivity index (χ4v) is 2.79. The number of aromatic nitrogens is 1. The van der Waals surface area contributed by atoms with Crippen LogP contribution in [0.3, 0.4) is 0 Å². The van der Waals surface area contributed by atoms with E-state index in [2.05, 4.69) is 22.2 Å². The number of piperidine rings is 1. The van der Waals surface area contributed by atoms with Crippen molar-refractivity contribution in [1.29, 1.82) is 0 Å². The summed E-state index contributed by atoms with van der Waals surface area (Å²) in [5.74, 6) is 0. The Hall–Kier alpha value is -1.65. The van der Waals surface area contributed by atoms with Crippen LogP contribution in [-0.4, -0.2) is 36.1 Å². The molecular weight excluding hydrogens is 250 g/mol. The lowest BCUT2D eigenvalue weighted by atomic mass is 10.1. The second kappa shape index (κ2) is 5.77. The second-order valence-electron chi connectivity index (χ2n) is 5.67.